The Bertz CT molecular complexity index is 2840. The molecule has 1 heteroatoms. The van der Waals surface area contributed by atoms with Crippen LogP contribution in [0.3, 0.4) is 0 Å². The molecule has 0 atom stereocenters. The maximum absolute atomic E-state index is 2.46. The standard InChI is InChI=1S/C50H33N/c1-3-11-32(12-4-1)34-24-26-50-48(28-34)43-15-7-8-20-49(43)51(50)38-25-23-36-27-35-21-22-37(29-44(35)45(36)30-38)40-17-10-19-42-41-18-9-16-39(46(41)31-47(40)42)33-13-5-2-6-14-33/h1-26,28-30H,27,31H2. The second kappa shape index (κ2) is 11.0. The molecule has 9 aromatic rings. The molecule has 8 aromatic carbocycles. The van der Waals surface area contributed by atoms with Crippen molar-refractivity contribution in [2.45, 2.75) is 12.8 Å². The first-order valence-electron chi connectivity index (χ1n) is 17.9. The normalized spacial score (nSPS) is 12.5. The van der Waals surface area contributed by atoms with Crippen LogP contribution in [0.4, 0.5) is 0 Å². The summed E-state index contributed by atoms with van der Waals surface area (Å²) in [5.74, 6) is 0. The molecule has 0 saturated carbocycles. The zero-order valence-corrected chi connectivity index (χ0v) is 28.1. The second-order valence-corrected chi connectivity index (χ2v) is 14.0. The Morgan fingerprint density at radius 2 is 0.902 bits per heavy atom. The lowest BCUT2D eigenvalue weighted by Gasteiger charge is -2.13. The van der Waals surface area contributed by atoms with Crippen molar-refractivity contribution in [3.63, 3.8) is 0 Å². The van der Waals surface area contributed by atoms with E-state index in [0.29, 0.717) is 0 Å². The summed E-state index contributed by atoms with van der Waals surface area (Å²) in [5, 5.41) is 2.56. The highest BCUT2D eigenvalue weighted by Crippen LogP contribution is 2.47. The molecular weight excluding hydrogens is 615 g/mol. The van der Waals surface area contributed by atoms with Crippen LogP contribution >= 0.6 is 0 Å². The van der Waals surface area contributed by atoms with Gasteiger partial charge in [0.25, 0.3) is 0 Å². The smallest absolute Gasteiger partial charge is 0.0541 e. The number of hydrogen-bond donors (Lipinski definition) is 0. The van der Waals surface area contributed by atoms with Crippen molar-refractivity contribution in [3.05, 3.63) is 198 Å². The molecule has 11 rings (SSSR count). The second-order valence-electron chi connectivity index (χ2n) is 14.0. The van der Waals surface area contributed by atoms with E-state index in [4.69, 9.17) is 0 Å². The van der Waals surface area contributed by atoms with E-state index in [1.165, 1.54) is 105 Å². The zero-order chi connectivity index (χ0) is 33.5. The van der Waals surface area contributed by atoms with Crippen LogP contribution in [-0.4, -0.2) is 4.57 Å². The molecule has 0 unspecified atom stereocenters. The fourth-order valence-electron chi connectivity index (χ4n) is 8.92. The van der Waals surface area contributed by atoms with Gasteiger partial charge in [-0.05, 0) is 127 Å². The van der Waals surface area contributed by atoms with Crippen molar-refractivity contribution in [2.24, 2.45) is 0 Å². The lowest BCUT2D eigenvalue weighted by atomic mass is 9.93. The van der Waals surface area contributed by atoms with Crippen LogP contribution in [0.1, 0.15) is 22.3 Å². The van der Waals surface area contributed by atoms with Crippen LogP contribution in [0.25, 0.3) is 83.1 Å². The van der Waals surface area contributed by atoms with E-state index in [2.05, 4.69) is 180 Å². The molecule has 0 radical (unpaired) electrons. The molecule has 1 aromatic heterocycles. The van der Waals surface area contributed by atoms with Crippen LogP contribution in [0.15, 0.2) is 176 Å². The minimum absolute atomic E-state index is 0.948. The monoisotopic (exact) mass is 647 g/mol. The van der Waals surface area contributed by atoms with E-state index in [1.807, 2.05) is 0 Å². The van der Waals surface area contributed by atoms with Gasteiger partial charge in [0.05, 0.1) is 11.0 Å². The highest BCUT2D eigenvalue weighted by molar-refractivity contribution is 6.10. The van der Waals surface area contributed by atoms with E-state index in [9.17, 15) is 0 Å². The Balaban J connectivity index is 1.02. The van der Waals surface area contributed by atoms with Crippen molar-refractivity contribution in [2.75, 3.05) is 0 Å². The molecule has 0 N–H and O–H groups in total. The fourth-order valence-corrected chi connectivity index (χ4v) is 8.92. The van der Waals surface area contributed by atoms with Gasteiger partial charge in [-0.2, -0.15) is 0 Å². The number of hydrogen-bond acceptors (Lipinski definition) is 0. The van der Waals surface area contributed by atoms with Gasteiger partial charge in [0, 0.05) is 16.5 Å². The first kappa shape index (κ1) is 28.4. The van der Waals surface area contributed by atoms with E-state index in [1.54, 1.807) is 0 Å². The molecule has 238 valence electrons. The molecule has 2 aliphatic rings. The van der Waals surface area contributed by atoms with Gasteiger partial charge in [0.15, 0.2) is 0 Å². The predicted molar refractivity (Wildman–Crippen MR) is 214 cm³/mol. The third-order valence-corrected chi connectivity index (χ3v) is 11.3. The lowest BCUT2D eigenvalue weighted by molar-refractivity contribution is 1.17. The summed E-state index contributed by atoms with van der Waals surface area (Å²) in [6, 6.07) is 65.2. The number of fused-ring (bicyclic) bond motifs is 9. The molecule has 0 spiro atoms. The van der Waals surface area contributed by atoms with Gasteiger partial charge in [0.1, 0.15) is 0 Å². The molecule has 51 heavy (non-hydrogen) atoms. The van der Waals surface area contributed by atoms with Crippen molar-refractivity contribution in [1.29, 1.82) is 0 Å². The third-order valence-electron chi connectivity index (χ3n) is 11.3. The topological polar surface area (TPSA) is 4.93 Å². The van der Waals surface area contributed by atoms with E-state index in [-0.39, 0.29) is 0 Å². The Morgan fingerprint density at radius 1 is 0.314 bits per heavy atom. The van der Waals surface area contributed by atoms with Gasteiger partial charge >= 0.3 is 0 Å². The van der Waals surface area contributed by atoms with Gasteiger partial charge in [-0.3, -0.25) is 0 Å². The molecule has 0 saturated heterocycles. The lowest BCUT2D eigenvalue weighted by Crippen LogP contribution is -1.95. The first-order chi connectivity index (χ1) is 25.3. The van der Waals surface area contributed by atoms with Gasteiger partial charge in [-0.1, -0.05) is 140 Å². The van der Waals surface area contributed by atoms with Crippen molar-refractivity contribution < 1.29 is 0 Å². The Morgan fingerprint density at radius 3 is 1.67 bits per heavy atom. The number of aromatic nitrogens is 1. The van der Waals surface area contributed by atoms with Crippen molar-refractivity contribution >= 4 is 21.8 Å². The number of rotatable bonds is 4. The van der Waals surface area contributed by atoms with Gasteiger partial charge < -0.3 is 4.57 Å². The molecule has 0 bridgehead atoms. The SMILES string of the molecule is c1ccc(-c2ccc3c(c2)c2ccccc2n3-c2ccc3c(c2)-c2cc(-c4cccc5c4Cc4c(-c6ccccc6)cccc4-5)ccc2C3)cc1. The average Bonchev–Trinajstić information content (AvgIpc) is 3.87. The predicted octanol–water partition coefficient (Wildman–Crippen LogP) is 12.9. The molecule has 2 aliphatic carbocycles. The van der Waals surface area contributed by atoms with Crippen LogP contribution in [0.5, 0.6) is 0 Å². The highest BCUT2D eigenvalue weighted by Gasteiger charge is 2.26. The summed E-state index contributed by atoms with van der Waals surface area (Å²) in [5.41, 5.74) is 22.5. The summed E-state index contributed by atoms with van der Waals surface area (Å²) >= 11 is 0. The van der Waals surface area contributed by atoms with E-state index in [0.717, 1.165) is 12.8 Å². The van der Waals surface area contributed by atoms with Gasteiger partial charge in [-0.15, -0.1) is 0 Å². The summed E-state index contributed by atoms with van der Waals surface area (Å²) in [7, 11) is 0. The third kappa shape index (κ3) is 4.35. The molecule has 0 amide bonds. The van der Waals surface area contributed by atoms with Gasteiger partial charge in [0.2, 0.25) is 0 Å². The molecule has 1 heterocycles. The highest BCUT2D eigenvalue weighted by atomic mass is 15.0. The Kier molecular flexibility index (Phi) is 6.15. The van der Waals surface area contributed by atoms with Crippen LogP contribution in [0.2, 0.25) is 0 Å². The quantitative estimate of drug-likeness (QED) is 0.179. The van der Waals surface area contributed by atoms with E-state index >= 15 is 0 Å². The number of para-hydroxylation sites is 1. The Hall–Kier alpha value is -6.44. The molecule has 0 fully saturated rings. The molecule has 0 aliphatic heterocycles. The fraction of sp³-hybridized carbons (Fsp3) is 0.0400. The summed E-state index contributed by atoms with van der Waals surface area (Å²) < 4.78 is 2.45. The minimum atomic E-state index is 0.948. The van der Waals surface area contributed by atoms with Crippen LogP contribution < -0.4 is 0 Å². The maximum Gasteiger partial charge on any atom is 0.0541 e. The number of benzene rings is 8. The molecular formula is C50H33N. The van der Waals surface area contributed by atoms with Crippen molar-refractivity contribution in [1.82, 2.24) is 4.57 Å². The minimum Gasteiger partial charge on any atom is -0.309 e. The average molecular weight is 648 g/mol. The zero-order valence-electron chi connectivity index (χ0n) is 28.1. The summed E-state index contributed by atoms with van der Waals surface area (Å²) in [6.45, 7) is 0. The van der Waals surface area contributed by atoms with Crippen molar-refractivity contribution in [3.8, 4) is 61.3 Å². The summed E-state index contributed by atoms with van der Waals surface area (Å²) in [4.78, 5) is 0. The van der Waals surface area contributed by atoms with Crippen LogP contribution in [-0.2, 0) is 12.8 Å². The first-order valence-corrected chi connectivity index (χ1v) is 17.9. The van der Waals surface area contributed by atoms with E-state index < -0.39 is 0 Å². The van der Waals surface area contributed by atoms with Gasteiger partial charge in [-0.25, -0.2) is 0 Å². The molecule has 1 nitrogen and oxygen atoms in total. The maximum atomic E-state index is 2.46. The Labute approximate surface area is 297 Å². The number of nitrogens with zero attached hydrogens (tertiary/aromatic N) is 1. The summed E-state index contributed by atoms with van der Waals surface area (Å²) in [6.07, 6.45) is 1.92. The largest absolute Gasteiger partial charge is 0.309 e. The van der Waals surface area contributed by atoms with Crippen LogP contribution in [0, 0.1) is 0 Å².